The number of carbonyl (C=O) groups is 2. The lowest BCUT2D eigenvalue weighted by Gasteiger charge is -2.60. The van der Waals surface area contributed by atoms with Gasteiger partial charge in [0, 0.05) is 17.4 Å². The number of allylic oxidation sites excluding steroid dienone is 1. The van der Waals surface area contributed by atoms with Crippen LogP contribution < -0.4 is 0 Å². The third kappa shape index (κ3) is 4.52. The van der Waals surface area contributed by atoms with Crippen molar-refractivity contribution in [1.29, 1.82) is 0 Å². The first kappa shape index (κ1) is 28.4. The number of carbonyl (C=O) groups excluding carboxylic acids is 2. The minimum absolute atomic E-state index is 0.132. The smallest absolute Gasteiger partial charge is 0.410 e. The van der Waals surface area contributed by atoms with Crippen molar-refractivity contribution < 1.29 is 38.4 Å². The van der Waals surface area contributed by atoms with E-state index in [1.54, 1.807) is 33.8 Å². The van der Waals surface area contributed by atoms with Crippen molar-refractivity contribution >= 4 is 11.9 Å². The molecule has 8 unspecified atom stereocenters. The number of alkyl halides is 2. The Labute approximate surface area is 218 Å². The number of hydrogen-bond donors (Lipinski definition) is 3. The Morgan fingerprint density at radius 2 is 1.81 bits per heavy atom. The number of aliphatic hydroxyl groups is 3. The first-order valence-electron chi connectivity index (χ1n) is 13.6. The number of ketones is 1. The highest BCUT2D eigenvalue weighted by Crippen LogP contribution is 2.67. The number of rotatable bonds is 4. The van der Waals surface area contributed by atoms with Gasteiger partial charge in [-0.05, 0) is 95.1 Å². The molecular weight excluding hydrogens is 484 g/mol. The summed E-state index contributed by atoms with van der Waals surface area (Å²) in [5, 5.41) is 33.0. The molecule has 9 atom stereocenters. The Morgan fingerprint density at radius 3 is 2.41 bits per heavy atom. The van der Waals surface area contributed by atoms with Crippen LogP contribution in [0.5, 0.6) is 0 Å². The maximum absolute atomic E-state index is 13.6. The van der Waals surface area contributed by atoms with E-state index in [-0.39, 0.29) is 30.5 Å². The standard InChI is InChI=1S/C28H43F2NO6/c1-15(31(14-23(29)30)24(35)37-25(2,3)4)16-8-10-28(36)18-11-20(32)19-12-21(33)22(34)13-26(19,5)17(18)7-9-27(16,28)6/h11,15-17,19,21-23,33-34,36H,7-10,12-14H2,1-6H3/t15?,16?,17?,19?,21?,22?,26?,27?,28-/m1/s1. The molecule has 0 radical (unpaired) electrons. The lowest BCUT2D eigenvalue weighted by atomic mass is 9.46. The highest BCUT2D eigenvalue weighted by Gasteiger charge is 2.67. The second kappa shape index (κ2) is 9.26. The van der Waals surface area contributed by atoms with Crippen LogP contribution in [0.15, 0.2) is 11.6 Å². The molecule has 0 aromatic heterocycles. The van der Waals surface area contributed by atoms with Crippen molar-refractivity contribution in [3.8, 4) is 0 Å². The van der Waals surface area contributed by atoms with Gasteiger partial charge in [-0.2, -0.15) is 0 Å². The van der Waals surface area contributed by atoms with E-state index in [0.29, 0.717) is 31.3 Å². The lowest BCUT2D eigenvalue weighted by Crippen LogP contribution is -2.62. The molecule has 0 aliphatic heterocycles. The predicted molar refractivity (Wildman–Crippen MR) is 133 cm³/mol. The van der Waals surface area contributed by atoms with Crippen molar-refractivity contribution in [2.45, 2.75) is 116 Å². The average Bonchev–Trinajstić information content (AvgIpc) is 3.04. The molecule has 210 valence electrons. The van der Waals surface area contributed by atoms with Gasteiger partial charge < -0.3 is 20.1 Å². The molecular formula is C28H43F2NO6. The van der Waals surface area contributed by atoms with Crippen molar-refractivity contribution in [2.75, 3.05) is 6.54 Å². The Balaban J connectivity index is 1.67. The van der Waals surface area contributed by atoms with Crippen LogP contribution in [0.25, 0.3) is 0 Å². The number of nitrogens with zero attached hydrogens (tertiary/aromatic N) is 1. The zero-order valence-electron chi connectivity index (χ0n) is 22.8. The maximum atomic E-state index is 13.6. The number of ether oxygens (including phenoxy) is 1. The molecule has 0 aromatic rings. The Hall–Kier alpha value is -1.58. The topological polar surface area (TPSA) is 107 Å². The van der Waals surface area contributed by atoms with Crippen LogP contribution in [0, 0.1) is 28.6 Å². The summed E-state index contributed by atoms with van der Waals surface area (Å²) < 4.78 is 32.6. The summed E-state index contributed by atoms with van der Waals surface area (Å²) in [4.78, 5) is 27.4. The van der Waals surface area contributed by atoms with Crippen molar-refractivity contribution in [1.82, 2.24) is 4.90 Å². The summed E-state index contributed by atoms with van der Waals surface area (Å²) in [6.45, 7) is 9.99. The monoisotopic (exact) mass is 527 g/mol. The fourth-order valence-electron chi connectivity index (χ4n) is 8.28. The second-order valence-corrected chi connectivity index (χ2v) is 13.4. The van der Waals surface area contributed by atoms with E-state index in [1.165, 1.54) is 0 Å². The van der Waals surface area contributed by atoms with Crippen molar-refractivity contribution in [3.05, 3.63) is 11.6 Å². The Kier molecular flexibility index (Phi) is 7.12. The van der Waals surface area contributed by atoms with Gasteiger partial charge in [0.15, 0.2) is 5.78 Å². The van der Waals surface area contributed by atoms with Crippen molar-refractivity contribution in [2.24, 2.45) is 28.6 Å². The lowest BCUT2D eigenvalue weighted by molar-refractivity contribution is -0.153. The summed E-state index contributed by atoms with van der Waals surface area (Å²) >= 11 is 0. The summed E-state index contributed by atoms with van der Waals surface area (Å²) in [7, 11) is 0. The van der Waals surface area contributed by atoms with Crippen LogP contribution >= 0.6 is 0 Å². The minimum atomic E-state index is -2.73. The van der Waals surface area contributed by atoms with Gasteiger partial charge in [0.1, 0.15) is 5.60 Å². The molecule has 3 N–H and O–H groups in total. The largest absolute Gasteiger partial charge is 0.444 e. The van der Waals surface area contributed by atoms with Crippen LogP contribution in [0.1, 0.15) is 80.1 Å². The van der Waals surface area contributed by atoms with Crippen LogP contribution in [0.3, 0.4) is 0 Å². The van der Waals surface area contributed by atoms with E-state index in [2.05, 4.69) is 0 Å². The number of aliphatic hydroxyl groups excluding tert-OH is 2. The number of hydrogen-bond acceptors (Lipinski definition) is 6. The molecule has 9 heteroatoms. The summed E-state index contributed by atoms with van der Waals surface area (Å²) in [5.41, 5.74) is -2.83. The molecule has 7 nitrogen and oxygen atoms in total. The fourth-order valence-corrected chi connectivity index (χ4v) is 8.28. The molecule has 4 rings (SSSR count). The molecule has 0 spiro atoms. The van der Waals surface area contributed by atoms with E-state index >= 15 is 0 Å². The molecule has 4 aliphatic rings. The fraction of sp³-hybridized carbons (Fsp3) is 0.857. The molecule has 0 aromatic carbocycles. The third-order valence-corrected chi connectivity index (χ3v) is 10.2. The molecule has 0 bridgehead atoms. The first-order chi connectivity index (χ1) is 16.9. The third-order valence-electron chi connectivity index (χ3n) is 10.2. The maximum Gasteiger partial charge on any atom is 0.410 e. The molecule has 1 amide bonds. The average molecular weight is 528 g/mol. The SMILES string of the molecule is CC(C1CC[C@@]2(O)C3=CC(=O)C4CC(O)C(O)CC4(C)C3CCC12C)N(CC(F)F)C(=O)OC(C)(C)C. The van der Waals surface area contributed by atoms with Crippen molar-refractivity contribution in [3.63, 3.8) is 0 Å². The van der Waals surface area contributed by atoms with Gasteiger partial charge in [-0.1, -0.05) is 13.8 Å². The quantitative estimate of drug-likeness (QED) is 0.509. The number of amides is 1. The molecule has 0 saturated heterocycles. The molecule has 3 fully saturated rings. The van der Waals surface area contributed by atoms with E-state index in [9.17, 15) is 33.7 Å². The molecule has 37 heavy (non-hydrogen) atoms. The summed E-state index contributed by atoms with van der Waals surface area (Å²) in [6, 6.07) is -0.616. The molecule has 4 aliphatic carbocycles. The molecule has 0 heterocycles. The van der Waals surface area contributed by atoms with Crippen LogP contribution in [0.4, 0.5) is 13.6 Å². The van der Waals surface area contributed by atoms with Crippen LogP contribution in [0.2, 0.25) is 0 Å². The number of halogens is 2. The highest BCUT2D eigenvalue weighted by atomic mass is 19.3. The van der Waals surface area contributed by atoms with Gasteiger partial charge in [0.25, 0.3) is 6.43 Å². The van der Waals surface area contributed by atoms with E-state index in [4.69, 9.17) is 4.74 Å². The second-order valence-electron chi connectivity index (χ2n) is 13.4. The highest BCUT2D eigenvalue weighted by molar-refractivity contribution is 5.95. The zero-order valence-corrected chi connectivity index (χ0v) is 22.8. The van der Waals surface area contributed by atoms with Gasteiger partial charge in [-0.25, -0.2) is 13.6 Å². The van der Waals surface area contributed by atoms with Crippen LogP contribution in [-0.4, -0.2) is 74.5 Å². The van der Waals surface area contributed by atoms with E-state index < -0.39 is 65.3 Å². The first-order valence-corrected chi connectivity index (χ1v) is 13.6. The van der Waals surface area contributed by atoms with Gasteiger partial charge >= 0.3 is 6.09 Å². The zero-order chi connectivity index (χ0) is 27.7. The number of fused-ring (bicyclic) bond motifs is 5. The van der Waals surface area contributed by atoms with E-state index in [0.717, 1.165) is 4.90 Å². The predicted octanol–water partition coefficient (Wildman–Crippen LogP) is 4.08. The van der Waals surface area contributed by atoms with Gasteiger partial charge in [0.05, 0.1) is 24.4 Å². The van der Waals surface area contributed by atoms with Gasteiger partial charge in [0.2, 0.25) is 0 Å². The Bertz CT molecular complexity index is 965. The van der Waals surface area contributed by atoms with E-state index in [1.807, 2.05) is 13.8 Å². The summed E-state index contributed by atoms with van der Waals surface area (Å²) in [5.74, 6) is -0.975. The van der Waals surface area contributed by atoms with Gasteiger partial charge in [-0.3, -0.25) is 9.69 Å². The minimum Gasteiger partial charge on any atom is -0.444 e. The molecule has 3 saturated carbocycles. The van der Waals surface area contributed by atoms with Gasteiger partial charge in [-0.15, -0.1) is 0 Å². The summed E-state index contributed by atoms with van der Waals surface area (Å²) in [6.07, 6.45) is -1.24. The normalized spacial score (nSPS) is 42.4. The Morgan fingerprint density at radius 1 is 1.16 bits per heavy atom. The van der Waals surface area contributed by atoms with Crippen LogP contribution in [-0.2, 0) is 9.53 Å².